The van der Waals surface area contributed by atoms with Crippen molar-refractivity contribution in [1.29, 1.82) is 0 Å². The van der Waals surface area contributed by atoms with Crippen molar-refractivity contribution in [2.75, 3.05) is 39.8 Å². The lowest BCUT2D eigenvalue weighted by atomic mass is 9.93. The van der Waals surface area contributed by atoms with Gasteiger partial charge in [-0.3, -0.25) is 0 Å². The number of rotatable bonds is 5. The van der Waals surface area contributed by atoms with Crippen LogP contribution >= 0.6 is 0 Å². The standard InChI is InChI=1S/C20H28N2O/c1-23-20-6-3-16(4-7-20)14-21-8-10-22(11-9-21)15-19-13-17-2-5-18(19)12-17/h2-7,17-19H,8-15H2,1H3/p+2/t17-,18-,19-/m0/s1. The highest BCUT2D eigenvalue weighted by atomic mass is 16.5. The highest BCUT2D eigenvalue weighted by molar-refractivity contribution is 5.26. The molecule has 1 saturated carbocycles. The number of quaternary nitrogens is 2. The quantitative estimate of drug-likeness (QED) is 0.743. The van der Waals surface area contributed by atoms with E-state index in [2.05, 4.69) is 36.4 Å². The Morgan fingerprint density at radius 3 is 2.30 bits per heavy atom. The van der Waals surface area contributed by atoms with Gasteiger partial charge in [-0.1, -0.05) is 12.2 Å². The number of nitrogens with one attached hydrogen (secondary N) is 2. The topological polar surface area (TPSA) is 18.1 Å². The third-order valence-electron chi connectivity index (χ3n) is 6.24. The number of hydrogen-bond donors (Lipinski definition) is 2. The highest BCUT2D eigenvalue weighted by Gasteiger charge is 2.38. The van der Waals surface area contributed by atoms with Crippen LogP contribution in [0, 0.1) is 17.8 Å². The van der Waals surface area contributed by atoms with E-state index in [1.807, 2.05) is 4.90 Å². The van der Waals surface area contributed by atoms with Crippen LogP contribution in [-0.4, -0.2) is 39.8 Å². The molecule has 0 radical (unpaired) electrons. The molecular weight excluding hydrogens is 284 g/mol. The average molecular weight is 314 g/mol. The Kier molecular flexibility index (Phi) is 4.41. The van der Waals surface area contributed by atoms with E-state index in [1.165, 1.54) is 51.1 Å². The zero-order valence-electron chi connectivity index (χ0n) is 14.3. The molecule has 2 fully saturated rings. The van der Waals surface area contributed by atoms with E-state index in [4.69, 9.17) is 4.74 Å². The summed E-state index contributed by atoms with van der Waals surface area (Å²) in [6.07, 6.45) is 7.89. The summed E-state index contributed by atoms with van der Waals surface area (Å²) < 4.78 is 5.24. The maximum absolute atomic E-state index is 5.24. The molecule has 2 N–H and O–H groups in total. The predicted octanol–water partition coefficient (Wildman–Crippen LogP) is 0.191. The molecule has 1 heterocycles. The lowest BCUT2D eigenvalue weighted by Crippen LogP contribution is -3.27. The highest BCUT2D eigenvalue weighted by Crippen LogP contribution is 2.42. The lowest BCUT2D eigenvalue weighted by Gasteiger charge is -2.32. The Labute approximate surface area is 139 Å². The van der Waals surface area contributed by atoms with E-state index in [-0.39, 0.29) is 0 Å². The molecular formula is C20H30N2O+2. The average Bonchev–Trinajstić information content (AvgIpc) is 3.20. The molecule has 3 atom stereocenters. The number of methoxy groups -OCH3 is 1. The second-order valence-electron chi connectivity index (χ2n) is 7.77. The molecule has 1 aromatic carbocycles. The molecule has 23 heavy (non-hydrogen) atoms. The number of allylic oxidation sites excluding steroid dienone is 2. The van der Waals surface area contributed by atoms with Crippen molar-refractivity contribution in [2.45, 2.75) is 19.4 Å². The fourth-order valence-electron chi connectivity index (χ4n) is 4.87. The van der Waals surface area contributed by atoms with Gasteiger partial charge in [0.2, 0.25) is 0 Å². The van der Waals surface area contributed by atoms with Crippen molar-refractivity contribution in [3.05, 3.63) is 42.0 Å². The van der Waals surface area contributed by atoms with Crippen LogP contribution in [0.5, 0.6) is 5.75 Å². The third-order valence-corrected chi connectivity index (χ3v) is 6.24. The molecule has 0 amide bonds. The second kappa shape index (κ2) is 6.66. The molecule has 3 nitrogen and oxygen atoms in total. The van der Waals surface area contributed by atoms with Crippen LogP contribution in [0.15, 0.2) is 36.4 Å². The summed E-state index contributed by atoms with van der Waals surface area (Å²) in [5, 5.41) is 0. The van der Waals surface area contributed by atoms with Gasteiger partial charge in [0.15, 0.2) is 0 Å². The van der Waals surface area contributed by atoms with E-state index < -0.39 is 0 Å². The van der Waals surface area contributed by atoms with Gasteiger partial charge >= 0.3 is 0 Å². The van der Waals surface area contributed by atoms with Crippen LogP contribution in [0.2, 0.25) is 0 Å². The van der Waals surface area contributed by atoms with Crippen molar-refractivity contribution in [3.8, 4) is 5.75 Å². The van der Waals surface area contributed by atoms with Gasteiger partial charge in [0.05, 0.1) is 13.7 Å². The Hall–Kier alpha value is -1.32. The van der Waals surface area contributed by atoms with Crippen molar-refractivity contribution >= 4 is 0 Å². The SMILES string of the molecule is COc1ccc(C[NH+]2CC[NH+](C[C@@H]3C[C@H]4C=C[C@H]3C4)CC2)cc1. The van der Waals surface area contributed by atoms with Crippen molar-refractivity contribution in [1.82, 2.24) is 0 Å². The maximum atomic E-state index is 5.24. The minimum Gasteiger partial charge on any atom is -0.497 e. The number of ether oxygens (including phenoxy) is 1. The normalized spacial score (nSPS) is 35.6. The van der Waals surface area contributed by atoms with Gasteiger partial charge in [0.25, 0.3) is 0 Å². The zero-order chi connectivity index (χ0) is 15.6. The van der Waals surface area contributed by atoms with Gasteiger partial charge in [-0.05, 0) is 48.9 Å². The summed E-state index contributed by atoms with van der Waals surface area (Å²) >= 11 is 0. The van der Waals surface area contributed by atoms with Crippen LogP contribution in [-0.2, 0) is 6.54 Å². The van der Waals surface area contributed by atoms with E-state index in [0.29, 0.717) is 0 Å². The molecule has 3 aliphatic rings. The Morgan fingerprint density at radius 1 is 0.957 bits per heavy atom. The fraction of sp³-hybridized carbons (Fsp3) is 0.600. The van der Waals surface area contributed by atoms with E-state index in [9.17, 15) is 0 Å². The first-order chi connectivity index (χ1) is 11.3. The van der Waals surface area contributed by atoms with E-state index in [1.54, 1.807) is 12.0 Å². The molecule has 1 saturated heterocycles. The monoisotopic (exact) mass is 314 g/mol. The van der Waals surface area contributed by atoms with Gasteiger partial charge in [-0.25, -0.2) is 0 Å². The molecule has 2 bridgehead atoms. The summed E-state index contributed by atoms with van der Waals surface area (Å²) in [4.78, 5) is 3.60. The minimum absolute atomic E-state index is 0.914. The van der Waals surface area contributed by atoms with Crippen LogP contribution < -0.4 is 14.5 Å². The zero-order valence-corrected chi connectivity index (χ0v) is 14.3. The molecule has 0 spiro atoms. The first-order valence-electron chi connectivity index (χ1n) is 9.28. The lowest BCUT2D eigenvalue weighted by molar-refractivity contribution is -1.02. The molecule has 4 rings (SSSR count). The van der Waals surface area contributed by atoms with Crippen LogP contribution in [0.3, 0.4) is 0 Å². The molecule has 0 aromatic heterocycles. The molecule has 1 aromatic rings. The second-order valence-corrected chi connectivity index (χ2v) is 7.77. The number of benzene rings is 1. The minimum atomic E-state index is 0.914. The number of piperazine rings is 1. The van der Waals surface area contributed by atoms with Gasteiger partial charge in [-0.15, -0.1) is 0 Å². The summed E-state index contributed by atoms with van der Waals surface area (Å²) in [5.41, 5.74) is 1.43. The summed E-state index contributed by atoms with van der Waals surface area (Å²) in [5.74, 6) is 3.77. The first kappa shape index (κ1) is 15.2. The Balaban J connectivity index is 1.23. The summed E-state index contributed by atoms with van der Waals surface area (Å²) in [7, 11) is 1.73. The molecule has 2 aliphatic carbocycles. The van der Waals surface area contributed by atoms with Gasteiger partial charge in [0, 0.05) is 11.5 Å². The van der Waals surface area contributed by atoms with E-state index in [0.717, 1.165) is 30.0 Å². The largest absolute Gasteiger partial charge is 0.497 e. The predicted molar refractivity (Wildman–Crippen MR) is 91.8 cm³/mol. The molecule has 124 valence electrons. The Bertz CT molecular complexity index is 545. The Morgan fingerprint density at radius 2 is 1.70 bits per heavy atom. The molecule has 0 unspecified atom stereocenters. The van der Waals surface area contributed by atoms with Crippen LogP contribution in [0.25, 0.3) is 0 Å². The molecule has 1 aliphatic heterocycles. The first-order valence-corrected chi connectivity index (χ1v) is 9.28. The van der Waals surface area contributed by atoms with E-state index >= 15 is 0 Å². The molecule has 3 heteroatoms. The smallest absolute Gasteiger partial charge is 0.127 e. The van der Waals surface area contributed by atoms with Gasteiger partial charge < -0.3 is 14.5 Å². The summed E-state index contributed by atoms with van der Waals surface area (Å²) in [6.45, 7) is 7.91. The van der Waals surface area contributed by atoms with Crippen molar-refractivity contribution < 1.29 is 14.5 Å². The van der Waals surface area contributed by atoms with Crippen molar-refractivity contribution in [3.63, 3.8) is 0 Å². The fourth-order valence-corrected chi connectivity index (χ4v) is 4.87. The third kappa shape index (κ3) is 3.46. The van der Waals surface area contributed by atoms with Crippen LogP contribution in [0.1, 0.15) is 18.4 Å². The van der Waals surface area contributed by atoms with Crippen molar-refractivity contribution in [2.24, 2.45) is 17.8 Å². The van der Waals surface area contributed by atoms with Gasteiger partial charge in [0.1, 0.15) is 38.5 Å². The van der Waals surface area contributed by atoms with Gasteiger partial charge in [-0.2, -0.15) is 0 Å². The van der Waals surface area contributed by atoms with Crippen LogP contribution in [0.4, 0.5) is 0 Å². The summed E-state index contributed by atoms with van der Waals surface area (Å²) in [6, 6.07) is 8.59. The number of hydrogen-bond acceptors (Lipinski definition) is 1. The number of fused-ring (bicyclic) bond motifs is 2. The maximum Gasteiger partial charge on any atom is 0.127 e.